The van der Waals surface area contributed by atoms with Crippen molar-refractivity contribution in [2.75, 3.05) is 35.5 Å². The molecule has 2 aromatic heterocycles. The van der Waals surface area contributed by atoms with Gasteiger partial charge in [-0.15, -0.1) is 10.2 Å². The van der Waals surface area contributed by atoms with E-state index in [2.05, 4.69) is 10.2 Å². The van der Waals surface area contributed by atoms with Gasteiger partial charge >= 0.3 is 17.8 Å². The van der Waals surface area contributed by atoms with Gasteiger partial charge in [0.2, 0.25) is 0 Å². The minimum atomic E-state index is -4.52. The van der Waals surface area contributed by atoms with Crippen LogP contribution in [0, 0.1) is 0 Å². The van der Waals surface area contributed by atoms with Crippen LogP contribution >= 0.6 is 31.7 Å². The molecule has 1 unspecified atom stereocenters. The third kappa shape index (κ3) is 7.42. The molecule has 0 radical (unpaired) electrons. The summed E-state index contributed by atoms with van der Waals surface area (Å²) in [7, 11) is -6.52. The number of ether oxygens (including phenoxy) is 3. The van der Waals surface area contributed by atoms with Crippen LogP contribution in [-0.4, -0.2) is 77.8 Å². The summed E-state index contributed by atoms with van der Waals surface area (Å²) in [5.74, 6) is 0.658. The number of hydrogen-bond donors (Lipinski definition) is 0. The van der Waals surface area contributed by atoms with Crippen LogP contribution < -0.4 is 9.21 Å². The summed E-state index contributed by atoms with van der Waals surface area (Å²) in [6.07, 6.45) is 0.984. The Hall–Kier alpha value is -3.72. The summed E-state index contributed by atoms with van der Waals surface area (Å²) in [5.41, 5.74) is -2.16. The molecular formula is C31H35Cl2N6O8PS. The number of benzene rings is 2. The van der Waals surface area contributed by atoms with Crippen LogP contribution in [0.3, 0.4) is 0 Å². The van der Waals surface area contributed by atoms with Crippen LogP contribution in [0.15, 0.2) is 65.7 Å². The first-order chi connectivity index (χ1) is 23.1. The van der Waals surface area contributed by atoms with Crippen molar-refractivity contribution in [1.82, 2.24) is 19.7 Å². The summed E-state index contributed by atoms with van der Waals surface area (Å²) < 4.78 is 60.9. The number of fused-ring (bicyclic) bond motifs is 1. The average molecular weight is 754 g/mol. The largest absolute Gasteiger partial charge is 0.443 e. The van der Waals surface area contributed by atoms with E-state index in [0.717, 1.165) is 9.21 Å². The van der Waals surface area contributed by atoms with E-state index in [1.807, 2.05) is 0 Å². The molecule has 18 heteroatoms. The quantitative estimate of drug-likeness (QED) is 0.122. The van der Waals surface area contributed by atoms with E-state index in [4.69, 9.17) is 37.4 Å². The van der Waals surface area contributed by atoms with Gasteiger partial charge in [-0.1, -0.05) is 23.2 Å². The normalized spacial score (nSPS) is 14.4. The summed E-state index contributed by atoms with van der Waals surface area (Å²) in [4.78, 5) is 27.5. The Bertz CT molecular complexity index is 1980. The second-order valence-corrected chi connectivity index (χ2v) is 15.4. The minimum Gasteiger partial charge on any atom is -0.443 e. The number of sulfonamides is 1. The lowest BCUT2D eigenvalue weighted by atomic mass is 10.2. The fourth-order valence-electron chi connectivity index (χ4n) is 5.24. The van der Waals surface area contributed by atoms with Gasteiger partial charge in [-0.25, -0.2) is 27.2 Å². The molecule has 14 nitrogen and oxygen atoms in total. The van der Waals surface area contributed by atoms with Gasteiger partial charge in [0.15, 0.2) is 11.6 Å². The number of carbonyl (C=O) groups excluding carboxylic acids is 2. The fourth-order valence-corrected chi connectivity index (χ4v) is 8.75. The van der Waals surface area contributed by atoms with Gasteiger partial charge in [-0.05, 0) is 89.2 Å². The monoisotopic (exact) mass is 752 g/mol. The molecule has 2 aromatic carbocycles. The number of amides is 3. The Labute approximate surface area is 294 Å². The lowest BCUT2D eigenvalue weighted by molar-refractivity contribution is -0.160. The number of halogens is 2. The molecule has 3 amide bonds. The molecule has 0 spiro atoms. The molecule has 0 bridgehead atoms. The van der Waals surface area contributed by atoms with E-state index < -0.39 is 41.9 Å². The Morgan fingerprint density at radius 1 is 0.939 bits per heavy atom. The number of imide groups is 1. The van der Waals surface area contributed by atoms with Crippen LogP contribution in [0.4, 0.5) is 21.1 Å². The lowest BCUT2D eigenvalue weighted by Gasteiger charge is -2.39. The van der Waals surface area contributed by atoms with Crippen molar-refractivity contribution in [1.29, 1.82) is 0 Å². The van der Waals surface area contributed by atoms with Crippen molar-refractivity contribution in [2.45, 2.75) is 50.8 Å². The Kier molecular flexibility index (Phi) is 10.6. The second kappa shape index (κ2) is 14.3. The van der Waals surface area contributed by atoms with Crippen molar-refractivity contribution in [3.63, 3.8) is 0 Å². The number of anilines is 2. The van der Waals surface area contributed by atoms with Crippen molar-refractivity contribution >= 4 is 76.2 Å². The molecule has 1 aliphatic heterocycles. The average Bonchev–Trinajstić information content (AvgIpc) is 3.63. The highest BCUT2D eigenvalue weighted by molar-refractivity contribution is 7.93. The van der Waals surface area contributed by atoms with Gasteiger partial charge in [0.1, 0.15) is 14.1 Å². The van der Waals surface area contributed by atoms with Crippen molar-refractivity contribution in [2.24, 2.45) is 0 Å². The van der Waals surface area contributed by atoms with E-state index in [0.29, 0.717) is 16.7 Å². The molecule has 49 heavy (non-hydrogen) atoms. The summed E-state index contributed by atoms with van der Waals surface area (Å²) in [6.45, 7) is 8.77. The van der Waals surface area contributed by atoms with Gasteiger partial charge in [0.05, 0.1) is 22.6 Å². The smallest absolute Gasteiger partial charge is 0.418 e. The first kappa shape index (κ1) is 36.6. The van der Waals surface area contributed by atoms with Gasteiger partial charge < -0.3 is 18.8 Å². The third-order valence-electron chi connectivity index (χ3n) is 7.20. The number of hydrogen-bond acceptors (Lipinski definition) is 10. The predicted molar refractivity (Wildman–Crippen MR) is 187 cm³/mol. The van der Waals surface area contributed by atoms with Gasteiger partial charge in [0.25, 0.3) is 10.0 Å². The van der Waals surface area contributed by atoms with Gasteiger partial charge in [-0.3, -0.25) is 9.47 Å². The topological polar surface area (TPSA) is 153 Å². The van der Waals surface area contributed by atoms with Crippen molar-refractivity contribution in [3.8, 4) is 5.82 Å². The van der Waals surface area contributed by atoms with Gasteiger partial charge in [0, 0.05) is 41.4 Å². The number of carbonyl (C=O) groups is 2. The van der Waals surface area contributed by atoms with Crippen LogP contribution in [0.5, 0.6) is 0 Å². The molecule has 1 saturated heterocycles. The number of urea groups is 1. The number of rotatable bonds is 11. The zero-order valence-electron chi connectivity index (χ0n) is 27.3. The molecular weight excluding hydrogens is 718 g/mol. The maximum absolute atomic E-state index is 14.3. The number of nitrogens with zero attached hydrogens (tertiary/aromatic N) is 6. The maximum Gasteiger partial charge on any atom is 0.418 e. The van der Waals surface area contributed by atoms with E-state index >= 15 is 0 Å². The van der Waals surface area contributed by atoms with Gasteiger partial charge in [-0.2, -0.15) is 0 Å². The maximum atomic E-state index is 14.3. The first-order valence-corrected chi connectivity index (χ1v) is 18.4. The second-order valence-electron chi connectivity index (χ2n) is 11.7. The highest BCUT2D eigenvalue weighted by Gasteiger charge is 2.47. The Morgan fingerprint density at radius 2 is 1.57 bits per heavy atom. The van der Waals surface area contributed by atoms with Crippen LogP contribution in [0.1, 0.15) is 34.6 Å². The van der Waals surface area contributed by atoms with Crippen LogP contribution in [0.25, 0.3) is 16.7 Å². The molecule has 3 heterocycles. The zero-order valence-corrected chi connectivity index (χ0v) is 30.8. The molecule has 0 N–H and O–H groups in total. The summed E-state index contributed by atoms with van der Waals surface area (Å²) >= 11 is 12.3. The highest BCUT2D eigenvalue weighted by atomic mass is 35.5. The molecule has 1 fully saturated rings. The van der Waals surface area contributed by atoms with Crippen LogP contribution in [-0.2, 0) is 28.8 Å². The molecule has 262 valence electrons. The molecule has 1 atom stereocenters. The third-order valence-corrected chi connectivity index (χ3v) is 10.5. The van der Waals surface area contributed by atoms with Crippen molar-refractivity contribution in [3.05, 3.63) is 70.8 Å². The molecule has 4 aromatic rings. The standard InChI is InChI=1S/C31H35Cl2N6O8PS/c1-6-45-31(48-42,46-7-2)39(49(43,44)24-18-21(32)17-22(33)19-24)23-8-9-25-20(16-23)12-13-36(25)26-10-11-27(35-34-26)37-14-15-38(28(37)40)29(41)47-30(3,4)5/h8-13,16-19H,6-7,14-15,48H2,1-5H3. The predicted octanol–water partition coefficient (Wildman–Crippen LogP) is 6.54. The van der Waals surface area contributed by atoms with Crippen molar-refractivity contribution < 1.29 is 36.8 Å². The first-order valence-electron chi connectivity index (χ1n) is 15.2. The summed E-state index contributed by atoms with van der Waals surface area (Å²) in [6, 6.07) is 13.1. The van der Waals surface area contributed by atoms with E-state index in [1.54, 1.807) is 75.7 Å². The SMILES string of the molecule is CCOC(OCC)([PH2]=O)N(c1ccc2c(ccn2-c2ccc(N3CCN(C(=O)OC(C)(C)C)C3=O)nn2)c1)S(=O)(=O)c1cc(Cl)cc(Cl)c1. The lowest BCUT2D eigenvalue weighted by Crippen LogP contribution is -2.52. The Morgan fingerprint density at radius 3 is 2.14 bits per heavy atom. The zero-order chi connectivity index (χ0) is 35.7. The van der Waals surface area contributed by atoms with E-state index in [1.165, 1.54) is 29.2 Å². The molecule has 5 rings (SSSR count). The fraction of sp³-hybridized carbons (Fsp3) is 0.355. The molecule has 0 aliphatic carbocycles. The molecule has 1 aliphatic rings. The van der Waals surface area contributed by atoms with E-state index in [9.17, 15) is 22.6 Å². The number of aromatic nitrogens is 3. The van der Waals surface area contributed by atoms with Crippen LogP contribution in [0.2, 0.25) is 10.0 Å². The Balaban J connectivity index is 1.50. The molecule has 0 saturated carbocycles. The summed E-state index contributed by atoms with van der Waals surface area (Å²) in [5, 5.41) is 9.32. The van der Waals surface area contributed by atoms with E-state index in [-0.39, 0.29) is 52.7 Å². The highest BCUT2D eigenvalue weighted by Crippen LogP contribution is 2.42. The minimum absolute atomic E-state index is 0.00704.